The molecular weight excluding hydrogens is 292 g/mol. The van der Waals surface area contributed by atoms with E-state index in [1.54, 1.807) is 31.4 Å². The predicted octanol–water partition coefficient (Wildman–Crippen LogP) is 2.63. The summed E-state index contributed by atoms with van der Waals surface area (Å²) < 4.78 is 5.17. The van der Waals surface area contributed by atoms with Gasteiger partial charge in [-0.05, 0) is 48.4 Å². The van der Waals surface area contributed by atoms with E-state index in [9.17, 15) is 9.59 Å². The number of nitrogens with one attached hydrogen (secondary N) is 2. The molecule has 0 unspecified atom stereocenters. The standard InChI is InChI=1S/C18H20N2O3/c1-13(21)20-16-8-6-15(7-9-16)18(22)19-11-10-14-4-3-5-17(12-14)23-2/h3-9,12H,10-11H2,1-2H3,(H,19,22)(H,20,21). The molecule has 0 heterocycles. The quantitative estimate of drug-likeness (QED) is 0.861. The first kappa shape index (κ1) is 16.5. The van der Waals surface area contributed by atoms with Gasteiger partial charge >= 0.3 is 0 Å². The van der Waals surface area contributed by atoms with Crippen molar-refractivity contribution >= 4 is 17.5 Å². The summed E-state index contributed by atoms with van der Waals surface area (Å²) >= 11 is 0. The van der Waals surface area contributed by atoms with Crippen molar-refractivity contribution in [3.05, 3.63) is 59.7 Å². The van der Waals surface area contributed by atoms with E-state index in [1.807, 2.05) is 24.3 Å². The number of carbonyl (C=O) groups excluding carboxylic acids is 2. The van der Waals surface area contributed by atoms with E-state index in [1.165, 1.54) is 6.92 Å². The van der Waals surface area contributed by atoms with Gasteiger partial charge in [0.2, 0.25) is 5.91 Å². The zero-order valence-electron chi connectivity index (χ0n) is 13.3. The molecule has 0 aromatic heterocycles. The molecule has 0 radical (unpaired) electrons. The molecule has 0 aliphatic heterocycles. The van der Waals surface area contributed by atoms with E-state index in [-0.39, 0.29) is 11.8 Å². The van der Waals surface area contributed by atoms with Crippen molar-refractivity contribution in [2.45, 2.75) is 13.3 Å². The highest BCUT2D eigenvalue weighted by atomic mass is 16.5. The second kappa shape index (κ2) is 7.98. The number of methoxy groups -OCH3 is 1. The topological polar surface area (TPSA) is 67.4 Å². The minimum Gasteiger partial charge on any atom is -0.497 e. The Kier molecular flexibility index (Phi) is 5.74. The van der Waals surface area contributed by atoms with Crippen molar-refractivity contribution in [3.8, 4) is 5.75 Å². The summed E-state index contributed by atoms with van der Waals surface area (Å²) in [6, 6.07) is 14.6. The van der Waals surface area contributed by atoms with Crippen LogP contribution in [0.4, 0.5) is 5.69 Å². The number of benzene rings is 2. The molecule has 0 spiro atoms. The maximum absolute atomic E-state index is 12.1. The van der Waals surface area contributed by atoms with Gasteiger partial charge in [-0.25, -0.2) is 0 Å². The van der Waals surface area contributed by atoms with Gasteiger partial charge in [0.05, 0.1) is 7.11 Å². The fourth-order valence-electron chi connectivity index (χ4n) is 2.16. The number of hydrogen-bond acceptors (Lipinski definition) is 3. The first-order valence-electron chi connectivity index (χ1n) is 7.37. The third-order valence-electron chi connectivity index (χ3n) is 3.30. The molecule has 5 nitrogen and oxygen atoms in total. The average Bonchev–Trinajstić information content (AvgIpc) is 2.55. The Morgan fingerprint density at radius 3 is 2.48 bits per heavy atom. The second-order valence-electron chi connectivity index (χ2n) is 5.12. The average molecular weight is 312 g/mol. The van der Waals surface area contributed by atoms with Gasteiger partial charge < -0.3 is 15.4 Å². The molecule has 0 fully saturated rings. The fourth-order valence-corrected chi connectivity index (χ4v) is 2.16. The molecule has 2 aromatic rings. The zero-order chi connectivity index (χ0) is 16.7. The predicted molar refractivity (Wildman–Crippen MR) is 89.8 cm³/mol. The maximum atomic E-state index is 12.1. The van der Waals surface area contributed by atoms with Crippen molar-refractivity contribution in [2.75, 3.05) is 19.0 Å². The first-order valence-corrected chi connectivity index (χ1v) is 7.37. The summed E-state index contributed by atoms with van der Waals surface area (Å²) in [5, 5.41) is 5.54. The van der Waals surface area contributed by atoms with Crippen LogP contribution >= 0.6 is 0 Å². The van der Waals surface area contributed by atoms with Gasteiger partial charge in [0, 0.05) is 24.7 Å². The summed E-state index contributed by atoms with van der Waals surface area (Å²) in [6.07, 6.45) is 0.729. The summed E-state index contributed by atoms with van der Waals surface area (Å²) in [4.78, 5) is 23.0. The second-order valence-corrected chi connectivity index (χ2v) is 5.12. The maximum Gasteiger partial charge on any atom is 0.251 e. The van der Waals surface area contributed by atoms with Crippen molar-refractivity contribution < 1.29 is 14.3 Å². The highest BCUT2D eigenvalue weighted by Gasteiger charge is 2.05. The van der Waals surface area contributed by atoms with Gasteiger partial charge in [0.15, 0.2) is 0 Å². The highest BCUT2D eigenvalue weighted by Crippen LogP contribution is 2.13. The van der Waals surface area contributed by atoms with Crippen LogP contribution in [-0.4, -0.2) is 25.5 Å². The number of anilines is 1. The number of rotatable bonds is 6. The third kappa shape index (κ3) is 5.14. The Labute approximate surface area is 135 Å². The SMILES string of the molecule is COc1cccc(CCNC(=O)c2ccc(NC(C)=O)cc2)c1. The Morgan fingerprint density at radius 2 is 1.83 bits per heavy atom. The van der Waals surface area contributed by atoms with Crippen LogP contribution in [0.1, 0.15) is 22.8 Å². The van der Waals surface area contributed by atoms with Gasteiger partial charge in [-0.3, -0.25) is 9.59 Å². The Morgan fingerprint density at radius 1 is 1.09 bits per heavy atom. The van der Waals surface area contributed by atoms with Crippen molar-refractivity contribution in [2.24, 2.45) is 0 Å². The number of ether oxygens (including phenoxy) is 1. The van der Waals surface area contributed by atoms with Crippen LogP contribution in [0.2, 0.25) is 0 Å². The van der Waals surface area contributed by atoms with Gasteiger partial charge in [0.25, 0.3) is 5.91 Å². The smallest absolute Gasteiger partial charge is 0.251 e. The van der Waals surface area contributed by atoms with Crippen LogP contribution in [0, 0.1) is 0 Å². The normalized spacial score (nSPS) is 10.0. The zero-order valence-corrected chi connectivity index (χ0v) is 13.3. The molecule has 0 aliphatic rings. The van der Waals surface area contributed by atoms with Crippen LogP contribution in [0.25, 0.3) is 0 Å². The van der Waals surface area contributed by atoms with E-state index in [2.05, 4.69) is 10.6 Å². The molecule has 0 atom stereocenters. The minimum absolute atomic E-state index is 0.137. The molecule has 2 rings (SSSR count). The largest absolute Gasteiger partial charge is 0.497 e. The monoisotopic (exact) mass is 312 g/mol. The van der Waals surface area contributed by atoms with Crippen LogP contribution in [0.15, 0.2) is 48.5 Å². The summed E-state index contributed by atoms with van der Waals surface area (Å²) in [5.74, 6) is 0.533. The molecule has 23 heavy (non-hydrogen) atoms. The van der Waals surface area contributed by atoms with Crippen LogP contribution in [0.5, 0.6) is 5.75 Å². The lowest BCUT2D eigenvalue weighted by atomic mass is 10.1. The molecule has 0 bridgehead atoms. The van der Waals surface area contributed by atoms with Gasteiger partial charge in [-0.2, -0.15) is 0 Å². The molecule has 2 amide bonds. The number of amides is 2. The summed E-state index contributed by atoms with van der Waals surface area (Å²) in [5.41, 5.74) is 2.33. The molecular formula is C18H20N2O3. The lowest BCUT2D eigenvalue weighted by molar-refractivity contribution is -0.114. The van der Waals surface area contributed by atoms with E-state index >= 15 is 0 Å². The lowest BCUT2D eigenvalue weighted by Crippen LogP contribution is -2.25. The molecule has 0 saturated carbocycles. The first-order chi connectivity index (χ1) is 11.1. The molecule has 2 N–H and O–H groups in total. The third-order valence-corrected chi connectivity index (χ3v) is 3.30. The van der Waals surface area contributed by atoms with E-state index in [0.717, 1.165) is 17.7 Å². The summed E-state index contributed by atoms with van der Waals surface area (Å²) in [6.45, 7) is 1.98. The van der Waals surface area contributed by atoms with E-state index in [0.29, 0.717) is 17.8 Å². The van der Waals surface area contributed by atoms with Crippen LogP contribution in [0.3, 0.4) is 0 Å². The molecule has 0 saturated heterocycles. The minimum atomic E-state index is -0.138. The van der Waals surface area contributed by atoms with Gasteiger partial charge in [-0.1, -0.05) is 12.1 Å². The lowest BCUT2D eigenvalue weighted by Gasteiger charge is -2.08. The highest BCUT2D eigenvalue weighted by molar-refractivity contribution is 5.95. The van der Waals surface area contributed by atoms with Crippen molar-refractivity contribution in [1.82, 2.24) is 5.32 Å². The molecule has 120 valence electrons. The number of carbonyl (C=O) groups is 2. The molecule has 5 heteroatoms. The Balaban J connectivity index is 1.85. The van der Waals surface area contributed by atoms with Crippen LogP contribution < -0.4 is 15.4 Å². The fraction of sp³-hybridized carbons (Fsp3) is 0.222. The number of hydrogen-bond donors (Lipinski definition) is 2. The van der Waals surface area contributed by atoms with Gasteiger partial charge in [-0.15, -0.1) is 0 Å². The Bertz CT molecular complexity index is 681. The Hall–Kier alpha value is -2.82. The van der Waals surface area contributed by atoms with Gasteiger partial charge in [0.1, 0.15) is 5.75 Å². The summed E-state index contributed by atoms with van der Waals surface area (Å²) in [7, 11) is 1.63. The van der Waals surface area contributed by atoms with Crippen molar-refractivity contribution in [1.29, 1.82) is 0 Å². The van der Waals surface area contributed by atoms with E-state index < -0.39 is 0 Å². The molecule has 0 aliphatic carbocycles. The van der Waals surface area contributed by atoms with E-state index in [4.69, 9.17) is 4.74 Å². The van der Waals surface area contributed by atoms with Crippen LogP contribution in [-0.2, 0) is 11.2 Å². The van der Waals surface area contributed by atoms with Crippen molar-refractivity contribution in [3.63, 3.8) is 0 Å². The molecule has 2 aromatic carbocycles.